The van der Waals surface area contributed by atoms with E-state index in [2.05, 4.69) is 10.4 Å². The minimum absolute atomic E-state index is 0.107. The number of halogens is 3. The Morgan fingerprint density at radius 3 is 2.46 bits per heavy atom. The molecular formula is C28H26F3N5O5. The van der Waals surface area contributed by atoms with Gasteiger partial charge in [-0.15, -0.1) is 0 Å². The Morgan fingerprint density at radius 2 is 1.73 bits per heavy atom. The van der Waals surface area contributed by atoms with Gasteiger partial charge >= 0.3 is 6.18 Å². The van der Waals surface area contributed by atoms with Gasteiger partial charge < -0.3 is 4.74 Å². The van der Waals surface area contributed by atoms with Crippen LogP contribution in [-0.2, 0) is 22.7 Å². The molecule has 0 aromatic heterocycles. The number of Topliss-reactive ketones (excluding diaryl/α,β-unsaturated/α-hetero) is 2. The third-order valence-electron chi connectivity index (χ3n) is 7.72. The highest BCUT2D eigenvalue weighted by Gasteiger charge is 2.46. The predicted octanol–water partition coefficient (Wildman–Crippen LogP) is 2.48. The molecule has 1 aliphatic carbocycles. The fourth-order valence-electron chi connectivity index (χ4n) is 5.62. The number of nitrogens with zero attached hydrogens (tertiary/aromatic N) is 4. The first kappa shape index (κ1) is 27.1. The van der Waals surface area contributed by atoms with Crippen molar-refractivity contribution >= 4 is 29.2 Å². The van der Waals surface area contributed by atoms with Crippen LogP contribution in [0.2, 0.25) is 0 Å². The summed E-state index contributed by atoms with van der Waals surface area (Å²) in [6.45, 7) is 2.03. The summed E-state index contributed by atoms with van der Waals surface area (Å²) in [5.41, 5.74) is 4.40. The van der Waals surface area contributed by atoms with E-state index in [4.69, 9.17) is 4.74 Å². The topological polar surface area (TPSA) is 112 Å². The number of nitrogens with one attached hydrogen (secondary N) is 1. The molecule has 0 bridgehead atoms. The van der Waals surface area contributed by atoms with Crippen molar-refractivity contribution < 1.29 is 37.1 Å². The van der Waals surface area contributed by atoms with Crippen molar-refractivity contribution in [1.82, 2.24) is 20.2 Å². The standard InChI is InChI=1S/C28H26F3N5O5/c29-28(30,31)27-32-23-14-34(10-11-35(23)33-27)13-16-4-6-17(7-5-16)15-41-22-3-1-2-19-24(22)26(40)36(25(19)39)20-9-8-18(37)12-21(20)38/h1-7,20,23H,8-15H2,(H,32,33). The summed E-state index contributed by atoms with van der Waals surface area (Å²) in [5.74, 6) is -2.53. The van der Waals surface area contributed by atoms with Crippen LogP contribution >= 0.6 is 0 Å². The maximum Gasteiger partial charge on any atom is 0.450 e. The number of amidine groups is 1. The third kappa shape index (κ3) is 5.22. The lowest BCUT2D eigenvalue weighted by Gasteiger charge is -2.35. The normalized spacial score (nSPS) is 23.4. The van der Waals surface area contributed by atoms with Gasteiger partial charge in [0.25, 0.3) is 11.8 Å². The number of carbonyl (C=O) groups is 4. The number of amides is 2. The van der Waals surface area contributed by atoms with Gasteiger partial charge in [0.1, 0.15) is 24.3 Å². The predicted molar refractivity (Wildman–Crippen MR) is 138 cm³/mol. The molecule has 2 aromatic carbocycles. The first-order chi connectivity index (χ1) is 19.6. The van der Waals surface area contributed by atoms with E-state index < -0.39 is 41.8 Å². The number of ketones is 2. The SMILES string of the molecule is O=C1CCC(N2C(=O)c3cccc(OCc4ccc(CN5CCN6NC(C(F)(F)F)=NC6C5)cc4)c3C2=O)C(=O)C1. The Morgan fingerprint density at radius 1 is 0.976 bits per heavy atom. The number of imide groups is 1. The van der Waals surface area contributed by atoms with Crippen LogP contribution in [0.5, 0.6) is 5.75 Å². The van der Waals surface area contributed by atoms with Crippen molar-refractivity contribution in [3.05, 3.63) is 64.7 Å². The number of aliphatic imine (C=N–C) groups is 1. The van der Waals surface area contributed by atoms with Crippen molar-refractivity contribution in [2.45, 2.75) is 50.8 Å². The number of ether oxygens (including phenoxy) is 1. The quantitative estimate of drug-likeness (QED) is 0.418. The number of hydrogen-bond acceptors (Lipinski definition) is 9. The Balaban J connectivity index is 1.08. The van der Waals surface area contributed by atoms with Gasteiger partial charge in [0, 0.05) is 32.6 Å². The lowest BCUT2D eigenvalue weighted by atomic mass is 9.92. The molecule has 0 spiro atoms. The molecule has 41 heavy (non-hydrogen) atoms. The van der Waals surface area contributed by atoms with Crippen molar-refractivity contribution in [3.63, 3.8) is 0 Å². The summed E-state index contributed by atoms with van der Waals surface area (Å²) < 4.78 is 44.9. The molecule has 2 fully saturated rings. The fraction of sp³-hybridized carbons (Fsp3) is 0.393. The van der Waals surface area contributed by atoms with E-state index in [1.54, 1.807) is 12.1 Å². The number of rotatable bonds is 6. The maximum atomic E-state index is 13.2. The first-order valence-electron chi connectivity index (χ1n) is 13.2. The summed E-state index contributed by atoms with van der Waals surface area (Å²) in [5, 5.41) is 1.51. The molecule has 1 saturated heterocycles. The lowest BCUT2D eigenvalue weighted by molar-refractivity contribution is -0.132. The van der Waals surface area contributed by atoms with Gasteiger partial charge in [0.05, 0.1) is 23.6 Å². The zero-order valence-corrected chi connectivity index (χ0v) is 21.8. The van der Waals surface area contributed by atoms with E-state index >= 15 is 0 Å². The summed E-state index contributed by atoms with van der Waals surface area (Å²) in [4.78, 5) is 57.1. The summed E-state index contributed by atoms with van der Waals surface area (Å²) in [6, 6.07) is 11.3. The number of fused-ring (bicyclic) bond motifs is 2. The minimum Gasteiger partial charge on any atom is -0.488 e. The van der Waals surface area contributed by atoms with E-state index in [0.29, 0.717) is 26.2 Å². The molecule has 13 heteroatoms. The molecule has 6 rings (SSSR count). The minimum atomic E-state index is -4.50. The zero-order valence-electron chi connectivity index (χ0n) is 21.8. The second-order valence-electron chi connectivity index (χ2n) is 10.5. The van der Waals surface area contributed by atoms with Gasteiger partial charge in [-0.1, -0.05) is 30.3 Å². The number of piperazine rings is 1. The first-order valence-corrected chi connectivity index (χ1v) is 13.2. The fourth-order valence-corrected chi connectivity index (χ4v) is 5.62. The average Bonchev–Trinajstić information content (AvgIpc) is 3.48. The van der Waals surface area contributed by atoms with Crippen LogP contribution in [0, 0.1) is 0 Å². The van der Waals surface area contributed by atoms with Crippen LogP contribution in [0.3, 0.4) is 0 Å². The van der Waals surface area contributed by atoms with Gasteiger partial charge in [-0.25, -0.2) is 4.99 Å². The van der Waals surface area contributed by atoms with Gasteiger partial charge in [-0.2, -0.15) is 18.2 Å². The van der Waals surface area contributed by atoms with Crippen LogP contribution in [0.1, 0.15) is 51.1 Å². The molecule has 2 unspecified atom stereocenters. The molecule has 10 nitrogen and oxygen atoms in total. The van der Waals surface area contributed by atoms with Crippen LogP contribution in [0.25, 0.3) is 0 Å². The smallest absolute Gasteiger partial charge is 0.450 e. The molecule has 3 aliphatic heterocycles. The van der Waals surface area contributed by atoms with Crippen LogP contribution in [-0.4, -0.2) is 82.0 Å². The van der Waals surface area contributed by atoms with E-state index in [1.807, 2.05) is 29.2 Å². The average molecular weight is 570 g/mol. The Kier molecular flexibility index (Phi) is 6.86. The van der Waals surface area contributed by atoms with E-state index in [9.17, 15) is 32.3 Å². The largest absolute Gasteiger partial charge is 0.488 e. The molecule has 214 valence electrons. The molecular weight excluding hydrogens is 543 g/mol. The van der Waals surface area contributed by atoms with Crippen LogP contribution in [0.15, 0.2) is 47.5 Å². The number of hydrazine groups is 1. The van der Waals surface area contributed by atoms with E-state index in [0.717, 1.165) is 16.0 Å². The van der Waals surface area contributed by atoms with Crippen molar-refractivity contribution in [3.8, 4) is 5.75 Å². The zero-order chi connectivity index (χ0) is 28.9. The van der Waals surface area contributed by atoms with Crippen molar-refractivity contribution in [1.29, 1.82) is 0 Å². The molecule has 3 heterocycles. The number of carbonyl (C=O) groups excluding carboxylic acids is 4. The Hall–Kier alpha value is -4.10. The van der Waals surface area contributed by atoms with E-state index in [1.165, 1.54) is 11.1 Å². The Bertz CT molecular complexity index is 1460. The molecule has 1 N–H and O–H groups in total. The maximum absolute atomic E-state index is 13.2. The monoisotopic (exact) mass is 569 g/mol. The molecule has 2 amide bonds. The Labute approximate surface area is 232 Å². The number of hydrogen-bond donors (Lipinski definition) is 1. The highest BCUT2D eigenvalue weighted by molar-refractivity contribution is 6.24. The summed E-state index contributed by atoms with van der Waals surface area (Å²) in [7, 11) is 0. The number of alkyl halides is 3. The molecule has 2 aromatic rings. The van der Waals surface area contributed by atoms with Crippen molar-refractivity contribution in [2.75, 3.05) is 19.6 Å². The van der Waals surface area contributed by atoms with Crippen molar-refractivity contribution in [2.24, 2.45) is 4.99 Å². The third-order valence-corrected chi connectivity index (χ3v) is 7.72. The van der Waals surface area contributed by atoms with Gasteiger partial charge in [-0.3, -0.25) is 34.4 Å². The molecule has 4 aliphatic rings. The van der Waals surface area contributed by atoms with E-state index in [-0.39, 0.29) is 48.5 Å². The summed E-state index contributed by atoms with van der Waals surface area (Å²) >= 11 is 0. The van der Waals surface area contributed by atoms with Crippen LogP contribution < -0.4 is 10.2 Å². The second-order valence-corrected chi connectivity index (χ2v) is 10.5. The lowest BCUT2D eigenvalue weighted by Crippen LogP contribution is -2.54. The van der Waals surface area contributed by atoms with Gasteiger partial charge in [0.2, 0.25) is 5.84 Å². The van der Waals surface area contributed by atoms with Gasteiger partial charge in [-0.05, 0) is 29.7 Å². The second kappa shape index (κ2) is 10.4. The molecule has 0 radical (unpaired) electrons. The molecule has 2 atom stereocenters. The summed E-state index contributed by atoms with van der Waals surface area (Å²) in [6.07, 6.45) is -5.11. The van der Waals surface area contributed by atoms with Gasteiger partial charge in [0.15, 0.2) is 5.78 Å². The highest BCUT2D eigenvalue weighted by atomic mass is 19.4. The highest BCUT2D eigenvalue weighted by Crippen LogP contribution is 2.34. The number of benzene rings is 2. The van der Waals surface area contributed by atoms with Crippen LogP contribution in [0.4, 0.5) is 13.2 Å². The molecule has 1 saturated carbocycles.